The largest absolute Gasteiger partial charge is 0.483 e. The summed E-state index contributed by atoms with van der Waals surface area (Å²) in [5.41, 5.74) is 4.02. The molecule has 1 N–H and O–H groups in total. The van der Waals surface area contributed by atoms with E-state index in [0.29, 0.717) is 19.0 Å². The number of thiophene rings is 1. The van der Waals surface area contributed by atoms with Crippen LogP contribution in [0.2, 0.25) is 0 Å². The number of anilines is 2. The van der Waals surface area contributed by atoms with Crippen LogP contribution in [0.1, 0.15) is 40.6 Å². The van der Waals surface area contributed by atoms with E-state index in [2.05, 4.69) is 36.2 Å². The van der Waals surface area contributed by atoms with E-state index < -0.39 is 0 Å². The maximum absolute atomic E-state index is 12.5. The van der Waals surface area contributed by atoms with E-state index in [4.69, 9.17) is 4.74 Å². The van der Waals surface area contributed by atoms with Gasteiger partial charge in [0.2, 0.25) is 0 Å². The number of ether oxygens (including phenoxy) is 1. The molecule has 34 heavy (non-hydrogen) atoms. The van der Waals surface area contributed by atoms with Gasteiger partial charge in [-0.15, -0.1) is 11.3 Å². The molecule has 0 bridgehead atoms. The minimum Gasteiger partial charge on any atom is -0.483 e. The molecule has 1 aliphatic rings. The van der Waals surface area contributed by atoms with E-state index in [9.17, 15) is 9.59 Å². The molecule has 3 aromatic rings. The normalized spacial score (nSPS) is 13.8. The number of piperazine rings is 1. The number of carbonyl (C=O) groups excluding carboxylic acids is 2. The lowest BCUT2D eigenvalue weighted by Gasteiger charge is -2.36. The molecule has 0 atom stereocenters. The summed E-state index contributed by atoms with van der Waals surface area (Å²) in [6.45, 7) is 9.16. The van der Waals surface area contributed by atoms with Crippen molar-refractivity contribution in [2.75, 3.05) is 43.0 Å². The van der Waals surface area contributed by atoms with Crippen molar-refractivity contribution in [1.29, 1.82) is 0 Å². The maximum Gasteiger partial charge on any atom is 0.264 e. The van der Waals surface area contributed by atoms with Gasteiger partial charge in [-0.3, -0.25) is 9.59 Å². The van der Waals surface area contributed by atoms with Gasteiger partial charge >= 0.3 is 0 Å². The highest BCUT2D eigenvalue weighted by Gasteiger charge is 2.22. The van der Waals surface area contributed by atoms with E-state index in [1.807, 2.05) is 59.7 Å². The number of hydrogen-bond acceptors (Lipinski definition) is 5. The Hall–Kier alpha value is -3.32. The Morgan fingerprint density at radius 2 is 1.76 bits per heavy atom. The third-order valence-electron chi connectivity index (χ3n) is 5.96. The molecule has 2 aromatic carbocycles. The maximum atomic E-state index is 12.5. The molecule has 0 spiro atoms. The molecule has 0 unspecified atom stereocenters. The monoisotopic (exact) mass is 477 g/mol. The summed E-state index contributed by atoms with van der Waals surface area (Å²) in [6, 6.07) is 17.7. The van der Waals surface area contributed by atoms with Crippen molar-refractivity contribution in [3.63, 3.8) is 0 Å². The van der Waals surface area contributed by atoms with Crippen molar-refractivity contribution in [2.45, 2.75) is 26.7 Å². The van der Waals surface area contributed by atoms with Crippen LogP contribution in [0.15, 0.2) is 60.0 Å². The molecule has 0 radical (unpaired) electrons. The van der Waals surface area contributed by atoms with Crippen LogP contribution in [-0.4, -0.2) is 49.5 Å². The predicted molar refractivity (Wildman–Crippen MR) is 138 cm³/mol. The summed E-state index contributed by atoms with van der Waals surface area (Å²) < 4.78 is 5.84. The molecular weight excluding hydrogens is 446 g/mol. The lowest BCUT2D eigenvalue weighted by atomic mass is 10.0. The first kappa shape index (κ1) is 23.8. The van der Waals surface area contributed by atoms with Crippen molar-refractivity contribution in [3.05, 3.63) is 76.0 Å². The summed E-state index contributed by atoms with van der Waals surface area (Å²) in [5, 5.41) is 4.84. The second-order valence-electron chi connectivity index (χ2n) is 8.84. The average Bonchev–Trinajstić information content (AvgIpc) is 3.38. The number of rotatable bonds is 7. The van der Waals surface area contributed by atoms with Crippen LogP contribution in [0, 0.1) is 6.92 Å². The Labute approximate surface area is 205 Å². The van der Waals surface area contributed by atoms with E-state index in [1.165, 1.54) is 11.3 Å². The summed E-state index contributed by atoms with van der Waals surface area (Å²) in [6.07, 6.45) is 0. The molecule has 178 valence electrons. The van der Waals surface area contributed by atoms with Gasteiger partial charge in [0, 0.05) is 37.6 Å². The van der Waals surface area contributed by atoms with Gasteiger partial charge in [0.1, 0.15) is 5.75 Å². The summed E-state index contributed by atoms with van der Waals surface area (Å²) in [4.78, 5) is 30.0. The van der Waals surface area contributed by atoms with Gasteiger partial charge in [-0.05, 0) is 65.7 Å². The molecule has 1 fully saturated rings. The fourth-order valence-electron chi connectivity index (χ4n) is 4.06. The molecule has 1 saturated heterocycles. The number of carbonyl (C=O) groups is 2. The van der Waals surface area contributed by atoms with Gasteiger partial charge in [-0.25, -0.2) is 0 Å². The van der Waals surface area contributed by atoms with Crippen molar-refractivity contribution in [1.82, 2.24) is 4.90 Å². The lowest BCUT2D eigenvalue weighted by Crippen LogP contribution is -2.48. The SMILES string of the molecule is Cc1ccc(C(C)C)c(OCC(=O)Nc2ccc(N3CCN(C(=O)c4cccs4)CC3)cc2)c1. The molecule has 1 aliphatic heterocycles. The highest BCUT2D eigenvalue weighted by atomic mass is 32.1. The fraction of sp³-hybridized carbons (Fsp3) is 0.333. The van der Waals surface area contributed by atoms with Crippen LogP contribution in [0.25, 0.3) is 0 Å². The summed E-state index contributed by atoms with van der Waals surface area (Å²) in [7, 11) is 0. The topological polar surface area (TPSA) is 61.9 Å². The molecule has 0 aliphatic carbocycles. The second kappa shape index (κ2) is 10.7. The second-order valence-corrected chi connectivity index (χ2v) is 9.78. The zero-order chi connectivity index (χ0) is 24.1. The van der Waals surface area contributed by atoms with Gasteiger partial charge in [0.15, 0.2) is 6.61 Å². The summed E-state index contributed by atoms with van der Waals surface area (Å²) in [5.74, 6) is 1.00. The van der Waals surface area contributed by atoms with E-state index in [-0.39, 0.29) is 18.4 Å². The van der Waals surface area contributed by atoms with Gasteiger partial charge in [0.05, 0.1) is 4.88 Å². The number of nitrogens with zero attached hydrogens (tertiary/aromatic N) is 2. The number of hydrogen-bond donors (Lipinski definition) is 1. The van der Waals surface area contributed by atoms with Gasteiger partial charge in [-0.1, -0.05) is 32.0 Å². The average molecular weight is 478 g/mol. The Morgan fingerprint density at radius 1 is 1.03 bits per heavy atom. The van der Waals surface area contributed by atoms with Crippen LogP contribution in [-0.2, 0) is 4.79 Å². The Balaban J connectivity index is 1.28. The zero-order valence-electron chi connectivity index (χ0n) is 19.9. The van der Waals surface area contributed by atoms with E-state index in [1.54, 1.807) is 0 Å². The lowest BCUT2D eigenvalue weighted by molar-refractivity contribution is -0.118. The standard InChI is InChI=1S/C27H31N3O3S/c1-19(2)23-11-6-20(3)17-24(23)33-18-26(31)28-21-7-9-22(10-8-21)29-12-14-30(15-13-29)27(32)25-5-4-16-34-25/h4-11,16-17,19H,12-15,18H2,1-3H3,(H,28,31). The third-order valence-corrected chi connectivity index (χ3v) is 6.82. The number of benzene rings is 2. The summed E-state index contributed by atoms with van der Waals surface area (Å²) >= 11 is 1.48. The van der Waals surface area contributed by atoms with Crippen LogP contribution < -0.4 is 15.0 Å². The van der Waals surface area contributed by atoms with Gasteiger partial charge in [0.25, 0.3) is 11.8 Å². The molecule has 7 heteroatoms. The Morgan fingerprint density at radius 3 is 2.41 bits per heavy atom. The van der Waals surface area contributed by atoms with E-state index >= 15 is 0 Å². The minimum absolute atomic E-state index is 0.0366. The highest BCUT2D eigenvalue weighted by molar-refractivity contribution is 7.12. The fourth-order valence-corrected chi connectivity index (χ4v) is 4.75. The molecule has 2 heterocycles. The Kier molecular flexibility index (Phi) is 7.53. The van der Waals surface area contributed by atoms with Gasteiger partial charge in [-0.2, -0.15) is 0 Å². The van der Waals surface area contributed by atoms with Gasteiger partial charge < -0.3 is 19.9 Å². The first-order chi connectivity index (χ1) is 16.4. The smallest absolute Gasteiger partial charge is 0.264 e. The first-order valence-electron chi connectivity index (χ1n) is 11.6. The predicted octanol–water partition coefficient (Wildman–Crippen LogP) is 5.16. The number of nitrogens with one attached hydrogen (secondary N) is 1. The van der Waals surface area contributed by atoms with Crippen molar-refractivity contribution >= 4 is 34.5 Å². The quantitative estimate of drug-likeness (QED) is 0.511. The van der Waals surface area contributed by atoms with E-state index in [0.717, 1.165) is 46.2 Å². The number of amides is 2. The van der Waals surface area contributed by atoms with Crippen LogP contribution in [0.4, 0.5) is 11.4 Å². The molecule has 2 amide bonds. The van der Waals surface area contributed by atoms with Crippen LogP contribution in [0.3, 0.4) is 0 Å². The Bertz CT molecular complexity index is 1120. The van der Waals surface area contributed by atoms with Crippen LogP contribution >= 0.6 is 11.3 Å². The molecule has 4 rings (SSSR count). The molecular formula is C27H31N3O3S. The van der Waals surface area contributed by atoms with Crippen molar-refractivity contribution in [3.8, 4) is 5.75 Å². The zero-order valence-corrected chi connectivity index (χ0v) is 20.7. The third kappa shape index (κ3) is 5.78. The van der Waals surface area contributed by atoms with Crippen LogP contribution in [0.5, 0.6) is 5.75 Å². The highest BCUT2D eigenvalue weighted by Crippen LogP contribution is 2.27. The van der Waals surface area contributed by atoms with Crippen molar-refractivity contribution in [2.24, 2.45) is 0 Å². The molecule has 6 nitrogen and oxygen atoms in total. The molecule has 1 aromatic heterocycles. The molecule has 0 saturated carbocycles. The number of aryl methyl sites for hydroxylation is 1. The first-order valence-corrected chi connectivity index (χ1v) is 12.5. The van der Waals surface area contributed by atoms with Crippen molar-refractivity contribution < 1.29 is 14.3 Å². The minimum atomic E-state index is -0.190.